The Morgan fingerprint density at radius 1 is 1.50 bits per heavy atom. The molecule has 92 valence electrons. The Kier molecular flexibility index (Phi) is 6.38. The van der Waals surface area contributed by atoms with Crippen LogP contribution in [0.15, 0.2) is 17.1 Å². The maximum absolute atomic E-state index is 4.59. The molecule has 0 aromatic rings. The van der Waals surface area contributed by atoms with Crippen LogP contribution in [0.2, 0.25) is 0 Å². The van der Waals surface area contributed by atoms with E-state index in [0.717, 1.165) is 31.9 Å². The van der Waals surface area contributed by atoms with Gasteiger partial charge < -0.3 is 10.6 Å². The maximum Gasteiger partial charge on any atom is 0.191 e. The highest BCUT2D eigenvalue weighted by Gasteiger charge is 2.11. The largest absolute Gasteiger partial charge is 0.357 e. The third-order valence-electron chi connectivity index (χ3n) is 2.60. The standard InChI is InChI=1S/C12H23N3S/c1-4-13-12(14-9-10(2)16-3)15-11-7-5-6-8-11/h5-6,10-11H,4,7-9H2,1-3H3,(H2,13,14,15). The Bertz CT molecular complexity index is 243. The van der Waals surface area contributed by atoms with Gasteiger partial charge in [0.25, 0.3) is 0 Å². The molecule has 0 aromatic carbocycles. The van der Waals surface area contributed by atoms with Gasteiger partial charge in [0.15, 0.2) is 5.96 Å². The zero-order chi connectivity index (χ0) is 11.8. The molecule has 4 heteroatoms. The molecule has 3 nitrogen and oxygen atoms in total. The number of hydrogen-bond donors (Lipinski definition) is 2. The molecule has 0 saturated carbocycles. The van der Waals surface area contributed by atoms with E-state index >= 15 is 0 Å². The Morgan fingerprint density at radius 2 is 2.19 bits per heavy atom. The van der Waals surface area contributed by atoms with Gasteiger partial charge in [-0.25, -0.2) is 0 Å². The van der Waals surface area contributed by atoms with E-state index in [4.69, 9.17) is 0 Å². The second-order valence-electron chi connectivity index (χ2n) is 4.05. The van der Waals surface area contributed by atoms with Gasteiger partial charge in [0, 0.05) is 17.8 Å². The Morgan fingerprint density at radius 3 is 2.75 bits per heavy atom. The fraction of sp³-hybridized carbons (Fsp3) is 0.750. The van der Waals surface area contributed by atoms with E-state index in [9.17, 15) is 0 Å². The summed E-state index contributed by atoms with van der Waals surface area (Å²) in [5.74, 6) is 0.956. The molecule has 0 saturated heterocycles. The molecule has 0 aromatic heterocycles. The number of nitrogens with one attached hydrogen (secondary N) is 2. The van der Waals surface area contributed by atoms with Crippen LogP contribution in [-0.4, -0.2) is 36.6 Å². The molecule has 0 fully saturated rings. The van der Waals surface area contributed by atoms with Crippen LogP contribution in [0, 0.1) is 0 Å². The van der Waals surface area contributed by atoms with E-state index in [0.29, 0.717) is 11.3 Å². The molecule has 1 rings (SSSR count). The number of aliphatic imine (C=N–C) groups is 1. The highest BCUT2D eigenvalue weighted by Crippen LogP contribution is 2.09. The Labute approximate surface area is 103 Å². The molecule has 1 aliphatic carbocycles. The van der Waals surface area contributed by atoms with Crippen LogP contribution in [-0.2, 0) is 0 Å². The van der Waals surface area contributed by atoms with Crippen molar-refractivity contribution in [1.82, 2.24) is 10.6 Å². The zero-order valence-corrected chi connectivity index (χ0v) is 11.3. The minimum Gasteiger partial charge on any atom is -0.357 e. The fourth-order valence-corrected chi connectivity index (χ4v) is 1.77. The summed E-state index contributed by atoms with van der Waals surface area (Å²) in [7, 11) is 0. The SMILES string of the molecule is CCNC(=NCC(C)SC)NC1CC=CC1. The Hall–Kier alpha value is -0.640. The van der Waals surface area contributed by atoms with Crippen LogP contribution in [0.5, 0.6) is 0 Å². The summed E-state index contributed by atoms with van der Waals surface area (Å²) in [5.41, 5.74) is 0. The summed E-state index contributed by atoms with van der Waals surface area (Å²) in [5, 5.41) is 7.33. The maximum atomic E-state index is 4.59. The first-order chi connectivity index (χ1) is 7.76. The van der Waals surface area contributed by atoms with Crippen molar-refractivity contribution in [2.24, 2.45) is 4.99 Å². The monoisotopic (exact) mass is 241 g/mol. The van der Waals surface area contributed by atoms with Gasteiger partial charge in [-0.05, 0) is 26.0 Å². The van der Waals surface area contributed by atoms with Crippen LogP contribution in [0.3, 0.4) is 0 Å². The zero-order valence-electron chi connectivity index (χ0n) is 10.5. The van der Waals surface area contributed by atoms with Gasteiger partial charge in [-0.3, -0.25) is 4.99 Å². The van der Waals surface area contributed by atoms with Crippen molar-refractivity contribution in [2.75, 3.05) is 19.3 Å². The van der Waals surface area contributed by atoms with Crippen molar-refractivity contribution in [1.29, 1.82) is 0 Å². The number of guanidine groups is 1. The quantitative estimate of drug-likeness (QED) is 0.439. The molecule has 2 N–H and O–H groups in total. The second-order valence-corrected chi connectivity index (χ2v) is 5.33. The molecule has 1 atom stereocenters. The first-order valence-electron chi connectivity index (χ1n) is 5.99. The van der Waals surface area contributed by atoms with Crippen LogP contribution in [0.4, 0.5) is 0 Å². The lowest BCUT2D eigenvalue weighted by Crippen LogP contribution is -2.42. The van der Waals surface area contributed by atoms with Crippen molar-refractivity contribution in [3.63, 3.8) is 0 Å². The molecule has 0 aliphatic heterocycles. The van der Waals surface area contributed by atoms with E-state index < -0.39 is 0 Å². The highest BCUT2D eigenvalue weighted by atomic mass is 32.2. The highest BCUT2D eigenvalue weighted by molar-refractivity contribution is 7.99. The minimum absolute atomic E-state index is 0.530. The van der Waals surface area contributed by atoms with Gasteiger partial charge in [-0.15, -0.1) is 0 Å². The van der Waals surface area contributed by atoms with Crippen LogP contribution in [0.1, 0.15) is 26.7 Å². The molecular weight excluding hydrogens is 218 g/mol. The number of hydrogen-bond acceptors (Lipinski definition) is 2. The number of nitrogens with zero attached hydrogens (tertiary/aromatic N) is 1. The minimum atomic E-state index is 0.530. The molecule has 0 radical (unpaired) electrons. The van der Waals surface area contributed by atoms with Crippen LogP contribution < -0.4 is 10.6 Å². The summed E-state index contributed by atoms with van der Waals surface area (Å²) in [4.78, 5) is 4.59. The normalized spacial score (nSPS) is 18.8. The first kappa shape index (κ1) is 13.4. The van der Waals surface area contributed by atoms with Crippen molar-refractivity contribution in [2.45, 2.75) is 38.0 Å². The molecule has 16 heavy (non-hydrogen) atoms. The lowest BCUT2D eigenvalue weighted by atomic mass is 10.2. The predicted octanol–water partition coefficient (Wildman–Crippen LogP) is 2.01. The van der Waals surface area contributed by atoms with Gasteiger partial charge in [0.1, 0.15) is 0 Å². The van der Waals surface area contributed by atoms with Crippen LogP contribution in [0.25, 0.3) is 0 Å². The van der Waals surface area contributed by atoms with Crippen molar-refractivity contribution < 1.29 is 0 Å². The van der Waals surface area contributed by atoms with E-state index in [-0.39, 0.29) is 0 Å². The average Bonchev–Trinajstić information content (AvgIpc) is 2.78. The van der Waals surface area contributed by atoms with E-state index in [1.165, 1.54) is 0 Å². The smallest absolute Gasteiger partial charge is 0.191 e. The molecule has 0 heterocycles. The van der Waals surface area contributed by atoms with Gasteiger partial charge in [0.05, 0.1) is 6.54 Å². The molecular formula is C12H23N3S. The van der Waals surface area contributed by atoms with E-state index in [1.54, 1.807) is 0 Å². The molecule has 0 bridgehead atoms. The van der Waals surface area contributed by atoms with Crippen molar-refractivity contribution in [3.05, 3.63) is 12.2 Å². The Balaban J connectivity index is 2.39. The van der Waals surface area contributed by atoms with Gasteiger partial charge in [0.2, 0.25) is 0 Å². The fourth-order valence-electron chi connectivity index (χ4n) is 1.54. The summed E-state index contributed by atoms with van der Waals surface area (Å²) in [6, 6.07) is 0.530. The molecule has 1 unspecified atom stereocenters. The van der Waals surface area contributed by atoms with Crippen molar-refractivity contribution in [3.8, 4) is 0 Å². The number of rotatable bonds is 5. The van der Waals surface area contributed by atoms with Gasteiger partial charge >= 0.3 is 0 Å². The molecule has 1 aliphatic rings. The first-order valence-corrected chi connectivity index (χ1v) is 7.27. The molecule has 0 amide bonds. The third-order valence-corrected chi connectivity index (χ3v) is 3.56. The summed E-state index contributed by atoms with van der Waals surface area (Å²) in [6.07, 6.45) is 8.81. The third kappa shape index (κ3) is 4.92. The van der Waals surface area contributed by atoms with Crippen LogP contribution >= 0.6 is 11.8 Å². The summed E-state index contributed by atoms with van der Waals surface area (Å²) < 4.78 is 0. The van der Waals surface area contributed by atoms with Gasteiger partial charge in [-0.1, -0.05) is 19.1 Å². The lowest BCUT2D eigenvalue weighted by Gasteiger charge is -2.17. The number of thioether (sulfide) groups is 1. The second kappa shape index (κ2) is 7.60. The predicted molar refractivity (Wildman–Crippen MR) is 74.3 cm³/mol. The van der Waals surface area contributed by atoms with E-state index in [2.05, 4.69) is 47.9 Å². The van der Waals surface area contributed by atoms with Gasteiger partial charge in [-0.2, -0.15) is 11.8 Å². The molecule has 0 spiro atoms. The topological polar surface area (TPSA) is 36.4 Å². The summed E-state index contributed by atoms with van der Waals surface area (Å²) >= 11 is 1.85. The van der Waals surface area contributed by atoms with Crippen molar-refractivity contribution >= 4 is 17.7 Å². The van der Waals surface area contributed by atoms with E-state index in [1.807, 2.05) is 11.8 Å². The summed E-state index contributed by atoms with van der Waals surface area (Å²) in [6.45, 7) is 6.09. The lowest BCUT2D eigenvalue weighted by molar-refractivity contribution is 0.633. The average molecular weight is 241 g/mol.